The lowest BCUT2D eigenvalue weighted by Gasteiger charge is -2.30. The number of carbonyl (C=O) groups excluding carboxylic acids is 1. The van der Waals surface area contributed by atoms with E-state index in [1.807, 2.05) is 51.2 Å². The molecule has 1 aliphatic rings. The molecule has 3 aromatic carbocycles. The molecule has 0 aliphatic carbocycles. The molecule has 2 heterocycles. The number of fused-ring (bicyclic) bond motifs is 2. The zero-order valence-electron chi connectivity index (χ0n) is 21.0. The van der Waals surface area contributed by atoms with Gasteiger partial charge in [-0.1, -0.05) is 66.7 Å². The molecule has 0 saturated heterocycles. The third kappa shape index (κ3) is 5.39. The predicted molar refractivity (Wildman–Crippen MR) is 145 cm³/mol. The molecule has 186 valence electrons. The van der Waals surface area contributed by atoms with E-state index < -0.39 is 11.7 Å². The second-order valence-electron chi connectivity index (χ2n) is 10.4. The van der Waals surface area contributed by atoms with Crippen LogP contribution in [0.15, 0.2) is 85.1 Å². The molecule has 4 N–H and O–H groups in total. The van der Waals surface area contributed by atoms with Gasteiger partial charge in [-0.25, -0.2) is 4.79 Å². The average molecular weight is 483 g/mol. The SMILES string of the molecule is CC(C)(C)OC(=O)N[C@@H](Cc1c[nH]c2ccccc12)[C@H]1CN[C@@H](c2ccccc2)c2ccccc2N1. The van der Waals surface area contributed by atoms with Crippen LogP contribution in [0.4, 0.5) is 10.5 Å². The van der Waals surface area contributed by atoms with Gasteiger partial charge in [0.2, 0.25) is 0 Å². The van der Waals surface area contributed by atoms with E-state index in [2.05, 4.69) is 75.5 Å². The number of hydrogen-bond donors (Lipinski definition) is 4. The van der Waals surface area contributed by atoms with Crippen LogP contribution in [0.3, 0.4) is 0 Å². The van der Waals surface area contributed by atoms with E-state index >= 15 is 0 Å². The summed E-state index contributed by atoms with van der Waals surface area (Å²) in [5.74, 6) is 0. The number of H-pyrrole nitrogens is 1. The van der Waals surface area contributed by atoms with Gasteiger partial charge in [-0.15, -0.1) is 0 Å². The monoisotopic (exact) mass is 482 g/mol. The summed E-state index contributed by atoms with van der Waals surface area (Å²) in [7, 11) is 0. The highest BCUT2D eigenvalue weighted by atomic mass is 16.6. The van der Waals surface area contributed by atoms with Crippen LogP contribution in [0.1, 0.15) is 43.5 Å². The summed E-state index contributed by atoms with van der Waals surface area (Å²) in [6.45, 7) is 6.31. The topological polar surface area (TPSA) is 78.2 Å². The smallest absolute Gasteiger partial charge is 0.407 e. The Bertz CT molecular complexity index is 1330. The van der Waals surface area contributed by atoms with Gasteiger partial charge in [0.25, 0.3) is 0 Å². The molecule has 6 nitrogen and oxygen atoms in total. The standard InChI is InChI=1S/C30H34N4O2/c1-30(2,3)36-29(35)34-26(17-21-18-31-24-15-9-7-13-22(21)24)27-19-32-28(20-11-5-4-6-12-20)23-14-8-10-16-25(23)33-27/h4-16,18,26-28,31-33H,17,19H2,1-3H3,(H,34,35)/t26-,27+,28-/m0/s1. The third-order valence-corrected chi connectivity index (χ3v) is 6.59. The van der Waals surface area contributed by atoms with E-state index in [4.69, 9.17) is 4.74 Å². The summed E-state index contributed by atoms with van der Waals surface area (Å²) >= 11 is 0. The molecule has 36 heavy (non-hydrogen) atoms. The second kappa shape index (κ2) is 10.1. The lowest BCUT2D eigenvalue weighted by atomic mass is 9.97. The lowest BCUT2D eigenvalue weighted by Crippen LogP contribution is -2.52. The predicted octanol–water partition coefficient (Wildman–Crippen LogP) is 5.78. The fourth-order valence-corrected chi connectivity index (χ4v) is 4.96. The molecule has 1 amide bonds. The van der Waals surface area contributed by atoms with Crippen LogP contribution in [0.25, 0.3) is 10.9 Å². The highest BCUT2D eigenvalue weighted by Crippen LogP contribution is 2.32. The molecule has 0 radical (unpaired) electrons. The highest BCUT2D eigenvalue weighted by Gasteiger charge is 2.31. The fraction of sp³-hybridized carbons (Fsp3) is 0.300. The van der Waals surface area contributed by atoms with Crippen molar-refractivity contribution in [3.63, 3.8) is 0 Å². The Morgan fingerprint density at radius 3 is 2.53 bits per heavy atom. The van der Waals surface area contributed by atoms with Crippen molar-refractivity contribution in [1.82, 2.24) is 15.6 Å². The number of amides is 1. The van der Waals surface area contributed by atoms with Gasteiger partial charge in [0.1, 0.15) is 5.60 Å². The number of para-hydroxylation sites is 2. The number of carbonyl (C=O) groups is 1. The minimum absolute atomic E-state index is 0.0511. The molecule has 1 aromatic heterocycles. The van der Waals surface area contributed by atoms with Crippen molar-refractivity contribution in [2.24, 2.45) is 0 Å². The maximum atomic E-state index is 12.9. The van der Waals surface area contributed by atoms with Crippen LogP contribution >= 0.6 is 0 Å². The first-order valence-electron chi connectivity index (χ1n) is 12.6. The summed E-state index contributed by atoms with van der Waals surface area (Å²) in [6, 6.07) is 26.9. The molecule has 0 saturated carbocycles. The maximum absolute atomic E-state index is 12.9. The molecule has 5 rings (SSSR count). The molecule has 4 aromatic rings. The van der Waals surface area contributed by atoms with Gasteiger partial charge in [-0.3, -0.25) is 0 Å². The molecule has 3 atom stereocenters. The Morgan fingerprint density at radius 2 is 1.72 bits per heavy atom. The van der Waals surface area contributed by atoms with Crippen LogP contribution in [-0.4, -0.2) is 35.3 Å². The second-order valence-corrected chi connectivity index (χ2v) is 10.4. The number of ether oxygens (including phenoxy) is 1. The Labute approximate surface area is 212 Å². The van der Waals surface area contributed by atoms with E-state index in [-0.39, 0.29) is 18.1 Å². The summed E-state index contributed by atoms with van der Waals surface area (Å²) in [5.41, 5.74) is 5.14. The number of nitrogens with one attached hydrogen (secondary N) is 4. The molecular weight excluding hydrogens is 448 g/mol. The van der Waals surface area contributed by atoms with E-state index in [9.17, 15) is 4.79 Å². The average Bonchev–Trinajstić information content (AvgIpc) is 3.15. The largest absolute Gasteiger partial charge is 0.444 e. The van der Waals surface area contributed by atoms with Crippen molar-refractivity contribution >= 4 is 22.7 Å². The van der Waals surface area contributed by atoms with Gasteiger partial charge in [-0.2, -0.15) is 0 Å². The van der Waals surface area contributed by atoms with Crippen LogP contribution in [0.5, 0.6) is 0 Å². The van der Waals surface area contributed by atoms with E-state index in [0.717, 1.165) is 22.2 Å². The molecule has 0 spiro atoms. The molecule has 1 aliphatic heterocycles. The molecule has 0 fully saturated rings. The Balaban J connectivity index is 1.47. The Kier molecular flexibility index (Phi) is 6.70. The van der Waals surface area contributed by atoms with Gasteiger partial charge in [0, 0.05) is 29.3 Å². The van der Waals surface area contributed by atoms with Crippen molar-refractivity contribution in [3.8, 4) is 0 Å². The van der Waals surface area contributed by atoms with Crippen LogP contribution in [-0.2, 0) is 11.2 Å². The summed E-state index contributed by atoms with van der Waals surface area (Å²) in [6.07, 6.45) is 2.28. The molecule has 0 unspecified atom stereocenters. The van der Waals surface area contributed by atoms with Crippen molar-refractivity contribution in [1.29, 1.82) is 0 Å². The Hall–Kier alpha value is -3.77. The van der Waals surface area contributed by atoms with Gasteiger partial charge in [0.15, 0.2) is 0 Å². The first kappa shape index (κ1) is 23.9. The van der Waals surface area contributed by atoms with Crippen molar-refractivity contribution in [2.75, 3.05) is 11.9 Å². The van der Waals surface area contributed by atoms with Crippen LogP contribution in [0.2, 0.25) is 0 Å². The van der Waals surface area contributed by atoms with Crippen LogP contribution < -0.4 is 16.0 Å². The fourth-order valence-electron chi connectivity index (χ4n) is 4.96. The number of alkyl carbamates (subject to hydrolysis) is 1. The van der Waals surface area contributed by atoms with Crippen molar-refractivity contribution in [2.45, 2.75) is 50.9 Å². The zero-order valence-corrected chi connectivity index (χ0v) is 21.0. The minimum Gasteiger partial charge on any atom is -0.444 e. The number of anilines is 1. The summed E-state index contributed by atoms with van der Waals surface area (Å²) < 4.78 is 5.65. The molecule has 6 heteroatoms. The highest BCUT2D eigenvalue weighted by molar-refractivity contribution is 5.83. The quantitative estimate of drug-likeness (QED) is 0.291. The Morgan fingerprint density at radius 1 is 1.00 bits per heavy atom. The van der Waals surface area contributed by atoms with Gasteiger partial charge >= 0.3 is 6.09 Å². The number of rotatable bonds is 5. The van der Waals surface area contributed by atoms with E-state index in [0.29, 0.717) is 13.0 Å². The van der Waals surface area contributed by atoms with Gasteiger partial charge in [0.05, 0.1) is 18.1 Å². The third-order valence-electron chi connectivity index (χ3n) is 6.59. The van der Waals surface area contributed by atoms with Crippen molar-refractivity contribution in [3.05, 3.63) is 102 Å². The van der Waals surface area contributed by atoms with E-state index in [1.165, 1.54) is 11.1 Å². The summed E-state index contributed by atoms with van der Waals surface area (Å²) in [4.78, 5) is 16.3. The first-order valence-corrected chi connectivity index (χ1v) is 12.6. The molecule has 0 bridgehead atoms. The number of hydrogen-bond acceptors (Lipinski definition) is 4. The van der Waals surface area contributed by atoms with Gasteiger partial charge < -0.3 is 25.7 Å². The number of aromatic amines is 1. The van der Waals surface area contributed by atoms with Crippen molar-refractivity contribution < 1.29 is 9.53 Å². The maximum Gasteiger partial charge on any atom is 0.407 e. The van der Waals surface area contributed by atoms with E-state index in [1.54, 1.807) is 0 Å². The normalized spacial score (nSPS) is 18.5. The number of benzene rings is 3. The zero-order chi connectivity index (χ0) is 25.1. The number of aromatic nitrogens is 1. The minimum atomic E-state index is -0.574. The summed E-state index contributed by atoms with van der Waals surface area (Å²) in [5, 5.41) is 11.9. The van der Waals surface area contributed by atoms with Gasteiger partial charge in [-0.05, 0) is 56.0 Å². The first-order chi connectivity index (χ1) is 17.4. The van der Waals surface area contributed by atoms with Crippen LogP contribution in [0, 0.1) is 0 Å². The lowest BCUT2D eigenvalue weighted by molar-refractivity contribution is 0.0498. The molecular formula is C30H34N4O2.